The van der Waals surface area contributed by atoms with E-state index in [0.717, 1.165) is 36.4 Å². The Morgan fingerprint density at radius 2 is 1.56 bits per heavy atom. The number of carbonyl (C=O) groups excluding carboxylic acids is 4. The summed E-state index contributed by atoms with van der Waals surface area (Å²) >= 11 is 0. The number of aromatic nitrogens is 1. The van der Waals surface area contributed by atoms with Gasteiger partial charge in [0.15, 0.2) is 23.2 Å². The van der Waals surface area contributed by atoms with Crippen molar-refractivity contribution in [2.45, 2.75) is 37.5 Å². The van der Waals surface area contributed by atoms with Crippen LogP contribution in [-0.2, 0) is 27.0 Å². The van der Waals surface area contributed by atoms with Crippen LogP contribution in [0.25, 0.3) is 10.9 Å². The molecule has 5 rings (SSSR count). The van der Waals surface area contributed by atoms with Crippen molar-refractivity contribution < 1.29 is 59.0 Å². The Morgan fingerprint density at radius 1 is 0.880 bits per heavy atom. The first-order chi connectivity index (χ1) is 23.6. The number of nitrogens with one attached hydrogen (secondary N) is 4. The van der Waals surface area contributed by atoms with Crippen molar-refractivity contribution >= 4 is 34.4 Å². The predicted octanol–water partition coefficient (Wildman–Crippen LogP) is 4.88. The minimum Gasteiger partial charge on any atom is -0.479 e. The third kappa shape index (κ3) is 8.20. The number of carbonyl (C=O) groups is 4. The molecule has 4 N–H and O–H groups in total. The number of benzene rings is 3. The molecule has 1 saturated heterocycles. The minimum atomic E-state index is -4.66. The van der Waals surface area contributed by atoms with E-state index in [9.17, 15) is 54.3 Å². The maximum absolute atomic E-state index is 14.2. The fourth-order valence-corrected chi connectivity index (χ4v) is 5.36. The number of aromatic amines is 1. The van der Waals surface area contributed by atoms with Crippen LogP contribution in [0.1, 0.15) is 34.5 Å². The third-order valence-corrected chi connectivity index (χ3v) is 7.99. The predicted molar refractivity (Wildman–Crippen MR) is 159 cm³/mol. The molecule has 2 heterocycles. The van der Waals surface area contributed by atoms with E-state index in [0.29, 0.717) is 10.9 Å². The molecular weight excluding hydrogens is 684 g/mol. The lowest BCUT2D eigenvalue weighted by Crippen LogP contribution is -2.53. The Labute approximate surface area is 277 Å². The molecule has 17 heteroatoms. The van der Waals surface area contributed by atoms with Crippen molar-refractivity contribution in [3.05, 3.63) is 101 Å². The van der Waals surface area contributed by atoms with Crippen LogP contribution >= 0.6 is 0 Å². The second kappa shape index (κ2) is 14.6. The molecule has 0 radical (unpaired) electrons. The molecule has 3 unspecified atom stereocenters. The van der Waals surface area contributed by atoms with Crippen molar-refractivity contribution in [1.29, 1.82) is 0 Å². The highest BCUT2D eigenvalue weighted by atomic mass is 19.4. The molecule has 4 aromatic rings. The van der Waals surface area contributed by atoms with Gasteiger partial charge in [-0.1, -0.05) is 12.1 Å². The van der Waals surface area contributed by atoms with Crippen LogP contribution < -0.4 is 20.7 Å². The Kier molecular flexibility index (Phi) is 10.4. The summed E-state index contributed by atoms with van der Waals surface area (Å²) in [5.74, 6) is -13.9. The summed E-state index contributed by atoms with van der Waals surface area (Å²) in [6.07, 6.45) is -5.21. The fraction of sp³-hybridized carbons (Fsp3) is 0.273. The fourth-order valence-electron chi connectivity index (χ4n) is 5.36. The summed E-state index contributed by atoms with van der Waals surface area (Å²) in [7, 11) is 0. The van der Waals surface area contributed by atoms with Gasteiger partial charge in [-0.3, -0.25) is 19.2 Å². The van der Waals surface area contributed by atoms with Crippen LogP contribution in [0, 0.1) is 35.0 Å². The van der Waals surface area contributed by atoms with Crippen LogP contribution in [0.3, 0.4) is 0 Å². The van der Waals surface area contributed by atoms with Gasteiger partial charge >= 0.3 is 6.18 Å². The number of Topliss-reactive ketones (excluding diaryl/α,β-unsaturated/α-hetero) is 1. The lowest BCUT2D eigenvalue weighted by Gasteiger charge is -2.24. The number of fused-ring (bicyclic) bond motifs is 1. The lowest BCUT2D eigenvalue weighted by molar-refractivity contribution is -0.137. The van der Waals surface area contributed by atoms with Gasteiger partial charge < -0.3 is 25.7 Å². The molecule has 50 heavy (non-hydrogen) atoms. The minimum absolute atomic E-state index is 0.0692. The van der Waals surface area contributed by atoms with Gasteiger partial charge in [-0.05, 0) is 54.8 Å². The number of halogens is 8. The first-order valence-electron chi connectivity index (χ1n) is 14.9. The molecule has 1 aliphatic heterocycles. The third-order valence-electron chi connectivity index (χ3n) is 7.99. The summed E-state index contributed by atoms with van der Waals surface area (Å²) in [6, 6.07) is 5.32. The number of alkyl halides is 3. The molecular formula is C33H26F8N4O5. The normalized spacial score (nSPS) is 15.8. The number of ketones is 1. The maximum atomic E-state index is 14.2. The van der Waals surface area contributed by atoms with Crippen molar-refractivity contribution in [1.82, 2.24) is 20.9 Å². The number of hydrogen-bond acceptors (Lipinski definition) is 5. The van der Waals surface area contributed by atoms with Crippen LogP contribution in [0.15, 0.2) is 54.6 Å². The molecule has 3 aromatic carbocycles. The second-order valence-corrected chi connectivity index (χ2v) is 11.5. The van der Waals surface area contributed by atoms with E-state index in [-0.39, 0.29) is 36.7 Å². The van der Waals surface area contributed by atoms with Gasteiger partial charge in [0.25, 0.3) is 5.91 Å². The number of hydrogen-bond donors (Lipinski definition) is 4. The summed E-state index contributed by atoms with van der Waals surface area (Å²) in [5, 5.41) is 7.64. The Balaban J connectivity index is 1.40. The van der Waals surface area contributed by atoms with E-state index in [2.05, 4.69) is 20.9 Å². The van der Waals surface area contributed by atoms with Crippen molar-refractivity contribution in [2.24, 2.45) is 5.92 Å². The van der Waals surface area contributed by atoms with Gasteiger partial charge in [-0.15, -0.1) is 0 Å². The summed E-state index contributed by atoms with van der Waals surface area (Å²) in [5.41, 5.74) is -0.585. The zero-order valence-corrected chi connectivity index (χ0v) is 25.5. The topological polar surface area (TPSA) is 129 Å². The summed E-state index contributed by atoms with van der Waals surface area (Å²) < 4.78 is 114. The number of ether oxygens (including phenoxy) is 1. The van der Waals surface area contributed by atoms with Crippen molar-refractivity contribution in [3.63, 3.8) is 0 Å². The molecule has 264 valence electrons. The van der Waals surface area contributed by atoms with Crippen molar-refractivity contribution in [2.75, 3.05) is 13.2 Å². The average molecular weight is 711 g/mol. The van der Waals surface area contributed by atoms with E-state index in [4.69, 9.17) is 4.74 Å². The molecule has 0 saturated carbocycles. The van der Waals surface area contributed by atoms with E-state index in [1.54, 1.807) is 0 Å². The van der Waals surface area contributed by atoms with Gasteiger partial charge in [0.05, 0.1) is 11.6 Å². The summed E-state index contributed by atoms with van der Waals surface area (Å²) in [6.45, 7) is -0.994. The van der Waals surface area contributed by atoms with Gasteiger partial charge in [-0.2, -0.15) is 22.0 Å². The van der Waals surface area contributed by atoms with E-state index >= 15 is 0 Å². The zero-order chi connectivity index (χ0) is 36.3. The average Bonchev–Trinajstić information content (AvgIpc) is 3.68. The standard InChI is InChI=1S/C33H26F8N4O5/c34-19-5-6-22-17(10-19)12-25(43-22)32(49)45-24(9-15-1-3-18(4-2-15)33(39,40)41)31(48)44-23(11-16-7-8-42-30(16)47)26(46)14-50-29-27(37)20(35)13-21(36)28(29)38/h1-6,10,12-13,16,23-24,43H,7-9,11,14H2,(H,42,47)(H,44,48)(H,45,49). The van der Waals surface area contributed by atoms with E-state index < -0.39 is 101 Å². The highest BCUT2D eigenvalue weighted by Crippen LogP contribution is 2.30. The van der Waals surface area contributed by atoms with Gasteiger partial charge in [0.1, 0.15) is 24.2 Å². The highest BCUT2D eigenvalue weighted by Gasteiger charge is 2.35. The van der Waals surface area contributed by atoms with Gasteiger partial charge in [-0.25, -0.2) is 13.2 Å². The van der Waals surface area contributed by atoms with E-state index in [1.807, 2.05) is 0 Å². The number of rotatable bonds is 12. The maximum Gasteiger partial charge on any atom is 0.416 e. The van der Waals surface area contributed by atoms with Crippen LogP contribution in [0.2, 0.25) is 0 Å². The quantitative estimate of drug-likeness (QED) is 0.123. The molecule has 0 bridgehead atoms. The van der Waals surface area contributed by atoms with Crippen LogP contribution in [0.4, 0.5) is 35.1 Å². The first-order valence-corrected chi connectivity index (χ1v) is 14.9. The lowest BCUT2D eigenvalue weighted by atomic mass is 9.95. The molecule has 1 fully saturated rings. The van der Waals surface area contributed by atoms with Gasteiger partial charge in [0.2, 0.25) is 23.4 Å². The molecule has 1 aliphatic rings. The Morgan fingerprint density at radius 3 is 2.18 bits per heavy atom. The van der Waals surface area contributed by atoms with Gasteiger partial charge in [0, 0.05) is 35.9 Å². The number of H-pyrrole nitrogens is 1. The molecule has 1 aromatic heterocycles. The Bertz CT molecular complexity index is 1920. The molecule has 0 aliphatic carbocycles. The molecule has 3 amide bonds. The highest BCUT2D eigenvalue weighted by molar-refractivity contribution is 6.01. The Hall–Kier alpha value is -5.48. The number of amides is 3. The van der Waals surface area contributed by atoms with Crippen molar-refractivity contribution in [3.8, 4) is 5.75 Å². The SMILES string of the molecule is O=C(NC(Cc1ccc(C(F)(F)F)cc1)C(=O)NC(CC1CCNC1=O)C(=O)COc1c(F)c(F)cc(F)c1F)c1cc2cc(F)ccc2[nH]1. The first kappa shape index (κ1) is 35.8. The summed E-state index contributed by atoms with van der Waals surface area (Å²) in [4.78, 5) is 55.4. The molecule has 3 atom stereocenters. The van der Waals surface area contributed by atoms with E-state index in [1.165, 1.54) is 12.1 Å². The second-order valence-electron chi connectivity index (χ2n) is 11.5. The van der Waals surface area contributed by atoms with Crippen LogP contribution in [0.5, 0.6) is 5.75 Å². The molecule has 9 nitrogen and oxygen atoms in total. The monoisotopic (exact) mass is 710 g/mol. The van der Waals surface area contributed by atoms with Crippen LogP contribution in [-0.4, -0.2) is 53.7 Å². The zero-order valence-electron chi connectivity index (χ0n) is 25.5. The molecule has 0 spiro atoms. The smallest absolute Gasteiger partial charge is 0.416 e. The largest absolute Gasteiger partial charge is 0.479 e.